The Morgan fingerprint density at radius 2 is 1.74 bits per heavy atom. The molecular formula is C13H16N2O4. The van der Waals surface area contributed by atoms with Gasteiger partial charge >= 0.3 is 11.9 Å². The van der Waals surface area contributed by atoms with E-state index in [1.807, 2.05) is 0 Å². The summed E-state index contributed by atoms with van der Waals surface area (Å²) in [5.41, 5.74) is 1.75. The van der Waals surface area contributed by atoms with Crippen molar-refractivity contribution in [3.05, 3.63) is 22.8 Å². The summed E-state index contributed by atoms with van der Waals surface area (Å²) in [6, 6.07) is 0. The lowest BCUT2D eigenvalue weighted by Crippen LogP contribution is -2.18. The molecule has 6 nitrogen and oxygen atoms in total. The first-order valence-electron chi connectivity index (χ1n) is 6.41. The lowest BCUT2D eigenvalue weighted by molar-refractivity contribution is 0.0504. The molecule has 0 fully saturated rings. The number of carbonyl (C=O) groups is 2. The lowest BCUT2D eigenvalue weighted by Gasteiger charge is -2.08. The Labute approximate surface area is 111 Å². The molecular weight excluding hydrogens is 248 g/mol. The van der Waals surface area contributed by atoms with Crippen LogP contribution >= 0.6 is 0 Å². The summed E-state index contributed by atoms with van der Waals surface area (Å²) in [4.78, 5) is 31.8. The summed E-state index contributed by atoms with van der Waals surface area (Å²) in [6.45, 7) is 3.95. The third-order valence-electron chi connectivity index (χ3n) is 2.86. The topological polar surface area (TPSA) is 78.4 Å². The quantitative estimate of drug-likeness (QED) is 0.763. The summed E-state index contributed by atoms with van der Waals surface area (Å²) in [7, 11) is 0. The van der Waals surface area contributed by atoms with E-state index in [-0.39, 0.29) is 24.7 Å². The Kier molecular flexibility index (Phi) is 4.09. The van der Waals surface area contributed by atoms with Crippen LogP contribution in [-0.4, -0.2) is 35.1 Å². The predicted molar refractivity (Wildman–Crippen MR) is 66.0 cm³/mol. The van der Waals surface area contributed by atoms with Crippen molar-refractivity contribution >= 4 is 11.9 Å². The number of rotatable bonds is 4. The van der Waals surface area contributed by atoms with Gasteiger partial charge in [0.1, 0.15) is 0 Å². The van der Waals surface area contributed by atoms with Crippen LogP contribution in [0.25, 0.3) is 0 Å². The molecule has 0 aromatic carbocycles. The van der Waals surface area contributed by atoms with Gasteiger partial charge in [-0.25, -0.2) is 19.6 Å². The lowest BCUT2D eigenvalue weighted by atomic mass is 10.2. The van der Waals surface area contributed by atoms with Gasteiger partial charge in [0.25, 0.3) is 0 Å². The smallest absolute Gasteiger partial charge is 0.376 e. The first-order valence-corrected chi connectivity index (χ1v) is 6.41. The Balaban J connectivity index is 2.41. The van der Waals surface area contributed by atoms with Crippen molar-refractivity contribution in [1.82, 2.24) is 9.97 Å². The highest BCUT2D eigenvalue weighted by Crippen LogP contribution is 2.23. The van der Waals surface area contributed by atoms with Crippen LogP contribution in [0.15, 0.2) is 0 Å². The average molecular weight is 264 g/mol. The standard InChI is InChI=1S/C13H16N2O4/c1-3-18-12(16)10-8-6-5-7-9(8)14-11(15-10)13(17)19-4-2/h3-7H2,1-2H3. The maximum Gasteiger partial charge on any atom is 0.376 e. The molecule has 0 aliphatic heterocycles. The SMILES string of the molecule is CCOC(=O)c1nc2c(c(C(=O)OCC)n1)CCC2. The molecule has 1 aliphatic rings. The molecule has 0 saturated heterocycles. The van der Waals surface area contributed by atoms with E-state index < -0.39 is 11.9 Å². The van der Waals surface area contributed by atoms with Gasteiger partial charge in [0.2, 0.25) is 5.82 Å². The molecule has 0 saturated carbocycles. The summed E-state index contributed by atoms with van der Waals surface area (Å²) < 4.78 is 9.83. The highest BCUT2D eigenvalue weighted by atomic mass is 16.5. The normalized spacial score (nSPS) is 12.9. The van der Waals surface area contributed by atoms with Gasteiger partial charge in [-0.2, -0.15) is 0 Å². The van der Waals surface area contributed by atoms with Crippen LogP contribution in [0.1, 0.15) is 52.6 Å². The molecule has 1 aromatic heterocycles. The van der Waals surface area contributed by atoms with Crippen LogP contribution in [0.3, 0.4) is 0 Å². The van der Waals surface area contributed by atoms with Gasteiger partial charge in [-0.15, -0.1) is 0 Å². The summed E-state index contributed by atoms with van der Waals surface area (Å²) in [6.07, 6.45) is 2.39. The zero-order valence-corrected chi connectivity index (χ0v) is 11.1. The fraction of sp³-hybridized carbons (Fsp3) is 0.538. The number of aromatic nitrogens is 2. The highest BCUT2D eigenvalue weighted by molar-refractivity contribution is 5.92. The van der Waals surface area contributed by atoms with Crippen molar-refractivity contribution in [2.45, 2.75) is 33.1 Å². The Bertz CT molecular complexity index is 514. The molecule has 0 radical (unpaired) electrons. The molecule has 1 heterocycles. The minimum Gasteiger partial charge on any atom is -0.461 e. The third-order valence-corrected chi connectivity index (χ3v) is 2.86. The van der Waals surface area contributed by atoms with Crippen molar-refractivity contribution in [1.29, 1.82) is 0 Å². The number of fused-ring (bicyclic) bond motifs is 1. The van der Waals surface area contributed by atoms with Gasteiger partial charge in [-0.05, 0) is 33.1 Å². The maximum atomic E-state index is 11.9. The van der Waals surface area contributed by atoms with E-state index in [0.717, 1.165) is 30.5 Å². The zero-order valence-electron chi connectivity index (χ0n) is 11.1. The van der Waals surface area contributed by atoms with Crippen LogP contribution in [0.4, 0.5) is 0 Å². The summed E-state index contributed by atoms with van der Waals surface area (Å²) in [5, 5.41) is 0. The van der Waals surface area contributed by atoms with E-state index in [1.54, 1.807) is 13.8 Å². The van der Waals surface area contributed by atoms with Crippen LogP contribution in [0.5, 0.6) is 0 Å². The van der Waals surface area contributed by atoms with E-state index in [4.69, 9.17) is 9.47 Å². The van der Waals surface area contributed by atoms with E-state index in [9.17, 15) is 9.59 Å². The second-order valence-electron chi connectivity index (χ2n) is 4.12. The fourth-order valence-electron chi connectivity index (χ4n) is 2.09. The number of hydrogen-bond donors (Lipinski definition) is 0. The van der Waals surface area contributed by atoms with Crippen molar-refractivity contribution in [3.63, 3.8) is 0 Å². The molecule has 1 aliphatic carbocycles. The number of ether oxygens (including phenoxy) is 2. The van der Waals surface area contributed by atoms with Crippen molar-refractivity contribution < 1.29 is 19.1 Å². The second kappa shape index (κ2) is 5.77. The maximum absolute atomic E-state index is 11.9. The zero-order chi connectivity index (χ0) is 13.8. The average Bonchev–Trinajstić information content (AvgIpc) is 2.86. The Hall–Kier alpha value is -1.98. The minimum atomic E-state index is -0.609. The molecule has 0 amide bonds. The van der Waals surface area contributed by atoms with Gasteiger partial charge in [0, 0.05) is 11.3 Å². The molecule has 102 valence electrons. The molecule has 0 unspecified atom stereocenters. The largest absolute Gasteiger partial charge is 0.461 e. The van der Waals surface area contributed by atoms with Gasteiger partial charge < -0.3 is 9.47 Å². The minimum absolute atomic E-state index is 0.0643. The third kappa shape index (κ3) is 2.72. The van der Waals surface area contributed by atoms with Crippen molar-refractivity contribution in [2.75, 3.05) is 13.2 Å². The second-order valence-corrected chi connectivity index (χ2v) is 4.12. The summed E-state index contributed by atoms with van der Waals surface area (Å²) in [5.74, 6) is -1.18. The van der Waals surface area contributed by atoms with E-state index in [2.05, 4.69) is 9.97 Å². The monoisotopic (exact) mass is 264 g/mol. The molecule has 0 spiro atoms. The van der Waals surface area contributed by atoms with Crippen LogP contribution in [-0.2, 0) is 22.3 Å². The van der Waals surface area contributed by atoms with Crippen LogP contribution in [0.2, 0.25) is 0 Å². The number of carbonyl (C=O) groups excluding carboxylic acids is 2. The van der Waals surface area contributed by atoms with Crippen molar-refractivity contribution in [3.8, 4) is 0 Å². The molecule has 2 rings (SSSR count). The molecule has 19 heavy (non-hydrogen) atoms. The first kappa shape index (κ1) is 13.5. The van der Waals surface area contributed by atoms with Gasteiger partial charge in [0.05, 0.1) is 13.2 Å². The first-order chi connectivity index (χ1) is 9.17. The van der Waals surface area contributed by atoms with Crippen LogP contribution < -0.4 is 0 Å². The number of nitrogens with zero attached hydrogens (tertiary/aromatic N) is 2. The molecule has 6 heteroatoms. The number of esters is 2. The number of aryl methyl sites for hydroxylation is 1. The predicted octanol–water partition coefficient (Wildman–Crippen LogP) is 1.32. The molecule has 0 bridgehead atoms. The van der Waals surface area contributed by atoms with Crippen LogP contribution in [0, 0.1) is 0 Å². The fourth-order valence-corrected chi connectivity index (χ4v) is 2.09. The molecule has 0 atom stereocenters. The van der Waals surface area contributed by atoms with E-state index >= 15 is 0 Å². The van der Waals surface area contributed by atoms with Crippen molar-refractivity contribution in [2.24, 2.45) is 0 Å². The number of hydrogen-bond acceptors (Lipinski definition) is 6. The Morgan fingerprint density at radius 1 is 1.05 bits per heavy atom. The van der Waals surface area contributed by atoms with E-state index in [1.165, 1.54) is 0 Å². The summed E-state index contributed by atoms with van der Waals surface area (Å²) >= 11 is 0. The highest BCUT2D eigenvalue weighted by Gasteiger charge is 2.26. The van der Waals surface area contributed by atoms with E-state index in [0.29, 0.717) is 0 Å². The Morgan fingerprint density at radius 3 is 2.42 bits per heavy atom. The molecule has 0 N–H and O–H groups in total. The van der Waals surface area contributed by atoms with Gasteiger partial charge in [-0.3, -0.25) is 0 Å². The van der Waals surface area contributed by atoms with Gasteiger partial charge in [-0.1, -0.05) is 0 Å². The van der Waals surface area contributed by atoms with Gasteiger partial charge in [0.15, 0.2) is 5.69 Å². The molecule has 1 aromatic rings.